The lowest BCUT2D eigenvalue weighted by atomic mass is 10.1. The van der Waals surface area contributed by atoms with Crippen molar-refractivity contribution in [1.82, 2.24) is 4.90 Å². The molecule has 1 saturated heterocycles. The summed E-state index contributed by atoms with van der Waals surface area (Å²) in [4.78, 5) is 12.5. The summed E-state index contributed by atoms with van der Waals surface area (Å²) in [6.07, 6.45) is -0.160. The van der Waals surface area contributed by atoms with Gasteiger partial charge in [-0.05, 0) is 24.6 Å². The van der Waals surface area contributed by atoms with Crippen molar-refractivity contribution in [3.63, 3.8) is 0 Å². The monoisotopic (exact) mass is 284 g/mol. The minimum absolute atomic E-state index is 0.0738. The number of carbonyl (C=O) groups is 1. The smallest absolute Gasteiger partial charge is 0.407 e. The molecule has 0 aromatic rings. The van der Waals surface area contributed by atoms with Crippen LogP contribution in [0.2, 0.25) is 18.1 Å². The van der Waals surface area contributed by atoms with Crippen LogP contribution in [-0.2, 0) is 4.43 Å². The van der Waals surface area contributed by atoms with Crippen molar-refractivity contribution in [1.29, 1.82) is 5.26 Å². The van der Waals surface area contributed by atoms with Gasteiger partial charge < -0.3 is 14.4 Å². The summed E-state index contributed by atoms with van der Waals surface area (Å²) in [7, 11) is -1.89. The van der Waals surface area contributed by atoms with E-state index in [1.807, 2.05) is 0 Å². The van der Waals surface area contributed by atoms with E-state index in [1.165, 1.54) is 4.90 Å². The average molecular weight is 284 g/mol. The molecule has 19 heavy (non-hydrogen) atoms. The lowest BCUT2D eigenvalue weighted by Gasteiger charge is -2.38. The molecule has 2 atom stereocenters. The molecule has 2 unspecified atom stereocenters. The van der Waals surface area contributed by atoms with Crippen LogP contribution in [0.1, 0.15) is 33.6 Å². The normalized spacial score (nSPS) is 24.3. The first kappa shape index (κ1) is 16.0. The van der Waals surface area contributed by atoms with Crippen LogP contribution in [0.5, 0.6) is 0 Å². The summed E-state index contributed by atoms with van der Waals surface area (Å²) in [5.41, 5.74) is 0. The van der Waals surface area contributed by atoms with Crippen LogP contribution in [0, 0.1) is 11.3 Å². The summed E-state index contributed by atoms with van der Waals surface area (Å²) in [6, 6.07) is 1.83. The molecule has 0 spiro atoms. The maximum Gasteiger partial charge on any atom is 0.407 e. The zero-order valence-electron chi connectivity index (χ0n) is 12.4. The third-order valence-corrected chi connectivity index (χ3v) is 8.75. The van der Waals surface area contributed by atoms with Gasteiger partial charge in [0.25, 0.3) is 0 Å². The number of amides is 1. The lowest BCUT2D eigenvalue weighted by molar-refractivity contribution is 0.133. The van der Waals surface area contributed by atoms with Crippen molar-refractivity contribution >= 4 is 14.4 Å². The molecule has 0 bridgehead atoms. The third kappa shape index (κ3) is 3.70. The summed E-state index contributed by atoms with van der Waals surface area (Å²) in [6.45, 7) is 11.2. The molecular weight excluding hydrogens is 260 g/mol. The number of nitriles is 1. The largest absolute Gasteiger partial charge is 0.465 e. The number of likely N-dealkylation sites (tertiary alicyclic amines) is 1. The van der Waals surface area contributed by atoms with Crippen molar-refractivity contribution in [3.05, 3.63) is 0 Å². The van der Waals surface area contributed by atoms with Crippen molar-refractivity contribution in [2.75, 3.05) is 6.54 Å². The van der Waals surface area contributed by atoms with Crippen LogP contribution in [-0.4, -0.2) is 43.1 Å². The molecular formula is C13H24N2O3Si. The number of nitrogens with zero attached hydrogens (tertiary/aromatic N) is 2. The SMILES string of the molecule is CC(C)(C)[Si](C)(C)OC1CC(CC#N)N(C(=O)O)C1. The second-order valence-corrected chi connectivity index (χ2v) is 11.4. The molecule has 1 amide bonds. The van der Waals surface area contributed by atoms with Gasteiger partial charge in [0.1, 0.15) is 0 Å². The minimum atomic E-state index is -1.89. The van der Waals surface area contributed by atoms with E-state index in [2.05, 4.69) is 39.9 Å². The minimum Gasteiger partial charge on any atom is -0.465 e. The molecule has 1 rings (SSSR count). The predicted molar refractivity (Wildman–Crippen MR) is 75.4 cm³/mol. The molecule has 0 radical (unpaired) electrons. The maximum absolute atomic E-state index is 11.2. The molecule has 1 aliphatic heterocycles. The first-order valence-corrected chi connectivity index (χ1v) is 9.53. The van der Waals surface area contributed by atoms with Crippen molar-refractivity contribution in [2.24, 2.45) is 0 Å². The fraction of sp³-hybridized carbons (Fsp3) is 0.846. The van der Waals surface area contributed by atoms with E-state index in [0.717, 1.165) is 0 Å². The summed E-state index contributed by atoms with van der Waals surface area (Å²) >= 11 is 0. The molecule has 108 valence electrons. The van der Waals surface area contributed by atoms with Gasteiger partial charge in [0, 0.05) is 6.54 Å². The Morgan fingerprint density at radius 1 is 1.53 bits per heavy atom. The molecule has 0 saturated carbocycles. The highest BCUT2D eigenvalue weighted by atomic mass is 28.4. The van der Waals surface area contributed by atoms with Gasteiger partial charge in [0.05, 0.1) is 24.6 Å². The highest BCUT2D eigenvalue weighted by molar-refractivity contribution is 6.74. The average Bonchev–Trinajstić information content (AvgIpc) is 2.59. The van der Waals surface area contributed by atoms with Crippen LogP contribution in [0.15, 0.2) is 0 Å². The van der Waals surface area contributed by atoms with Crippen molar-refractivity contribution < 1.29 is 14.3 Å². The summed E-state index contributed by atoms with van der Waals surface area (Å²) in [5, 5.41) is 18.0. The van der Waals surface area contributed by atoms with Gasteiger partial charge in [-0.3, -0.25) is 0 Å². The van der Waals surface area contributed by atoms with E-state index in [0.29, 0.717) is 13.0 Å². The Hall–Kier alpha value is -1.06. The van der Waals surface area contributed by atoms with Crippen LogP contribution < -0.4 is 0 Å². The van der Waals surface area contributed by atoms with Gasteiger partial charge >= 0.3 is 6.09 Å². The maximum atomic E-state index is 11.2. The van der Waals surface area contributed by atoms with Crippen molar-refractivity contribution in [3.8, 4) is 6.07 Å². The highest BCUT2D eigenvalue weighted by Gasteiger charge is 2.43. The van der Waals surface area contributed by atoms with E-state index in [-0.39, 0.29) is 23.6 Å². The molecule has 1 aliphatic rings. The quantitative estimate of drug-likeness (QED) is 0.808. The van der Waals surface area contributed by atoms with Gasteiger partial charge in [-0.2, -0.15) is 5.26 Å². The predicted octanol–water partition coefficient (Wildman–Crippen LogP) is 3.04. The van der Waals surface area contributed by atoms with Crippen LogP contribution in [0.25, 0.3) is 0 Å². The molecule has 1 fully saturated rings. The second kappa shape index (κ2) is 5.51. The second-order valence-electron chi connectivity index (χ2n) is 6.69. The molecule has 0 aromatic heterocycles. The van der Waals surface area contributed by atoms with E-state index in [9.17, 15) is 4.79 Å². The van der Waals surface area contributed by atoms with Gasteiger partial charge in [-0.1, -0.05) is 20.8 Å². The first-order chi connectivity index (χ1) is 8.58. The number of carboxylic acid groups (broad SMARTS) is 1. The number of hydrogen-bond donors (Lipinski definition) is 1. The third-order valence-electron chi connectivity index (χ3n) is 4.22. The standard InChI is InChI=1S/C13H24N2O3Si/c1-13(2,3)19(4,5)18-11-8-10(6-7-14)15(9-11)12(16)17/h10-11H,6,8-9H2,1-5H3,(H,16,17). The molecule has 0 aliphatic carbocycles. The van der Waals surface area contributed by atoms with Crippen molar-refractivity contribution in [2.45, 2.75) is 63.9 Å². The van der Waals surface area contributed by atoms with Crippen LogP contribution in [0.3, 0.4) is 0 Å². The van der Waals surface area contributed by atoms with Gasteiger partial charge in [0.15, 0.2) is 8.32 Å². The zero-order valence-corrected chi connectivity index (χ0v) is 13.4. The van der Waals surface area contributed by atoms with E-state index < -0.39 is 14.4 Å². The lowest BCUT2D eigenvalue weighted by Crippen LogP contribution is -2.44. The Kier molecular flexibility index (Phi) is 4.64. The fourth-order valence-electron chi connectivity index (χ4n) is 2.09. The number of hydrogen-bond acceptors (Lipinski definition) is 3. The Bertz CT molecular complexity index is 384. The molecule has 1 N–H and O–H groups in total. The zero-order chi connectivity index (χ0) is 14.8. The summed E-state index contributed by atoms with van der Waals surface area (Å²) < 4.78 is 6.24. The fourth-order valence-corrected chi connectivity index (χ4v) is 3.44. The summed E-state index contributed by atoms with van der Waals surface area (Å²) in [5.74, 6) is 0. The Balaban J connectivity index is 2.73. The molecule has 5 nitrogen and oxygen atoms in total. The Morgan fingerprint density at radius 2 is 2.11 bits per heavy atom. The Morgan fingerprint density at radius 3 is 2.53 bits per heavy atom. The van der Waals surface area contributed by atoms with E-state index in [4.69, 9.17) is 14.8 Å². The van der Waals surface area contributed by atoms with Gasteiger partial charge in [-0.15, -0.1) is 0 Å². The van der Waals surface area contributed by atoms with Gasteiger partial charge in [0.2, 0.25) is 0 Å². The number of rotatable bonds is 3. The Labute approximate surface area is 116 Å². The van der Waals surface area contributed by atoms with E-state index in [1.54, 1.807) is 0 Å². The topological polar surface area (TPSA) is 73.6 Å². The molecule has 1 heterocycles. The van der Waals surface area contributed by atoms with Crippen LogP contribution >= 0.6 is 0 Å². The van der Waals surface area contributed by atoms with E-state index >= 15 is 0 Å². The first-order valence-electron chi connectivity index (χ1n) is 6.63. The molecule has 6 heteroatoms. The molecule has 0 aromatic carbocycles. The highest BCUT2D eigenvalue weighted by Crippen LogP contribution is 2.39. The van der Waals surface area contributed by atoms with Crippen LogP contribution in [0.4, 0.5) is 4.79 Å². The van der Waals surface area contributed by atoms with Gasteiger partial charge in [-0.25, -0.2) is 4.79 Å².